The molecule has 0 saturated carbocycles. The first-order chi connectivity index (χ1) is 15.9. The summed E-state index contributed by atoms with van der Waals surface area (Å²) in [7, 11) is -5.55. The van der Waals surface area contributed by atoms with Crippen LogP contribution >= 0.6 is 101 Å². The number of hydrogen-bond donors (Lipinski definition) is 1. The fourth-order valence-corrected chi connectivity index (χ4v) is 7.75. The van der Waals surface area contributed by atoms with E-state index >= 15 is 0 Å². The molecule has 6 nitrogen and oxygen atoms in total. The van der Waals surface area contributed by atoms with Gasteiger partial charge in [-0.1, -0.05) is 0 Å². The van der Waals surface area contributed by atoms with Crippen LogP contribution < -0.4 is 22.6 Å². The van der Waals surface area contributed by atoms with Crippen LogP contribution in [0.5, 0.6) is 34.5 Å². The average molecular weight is 650 g/mol. The Bertz CT molecular complexity index is 1280. The van der Waals surface area contributed by atoms with Crippen molar-refractivity contribution in [1.82, 2.24) is 0 Å². The van der Waals surface area contributed by atoms with Crippen molar-refractivity contribution in [2.45, 2.75) is 0 Å². The predicted molar refractivity (Wildman–Crippen MR) is 131 cm³/mol. The van der Waals surface area contributed by atoms with Crippen molar-refractivity contribution in [2.24, 2.45) is 0 Å². The van der Waals surface area contributed by atoms with E-state index in [2.05, 4.69) is 0 Å². The first-order valence-electron chi connectivity index (χ1n) is 8.60. The molecule has 0 amide bonds. The Balaban J connectivity index is 1.77. The molecule has 34 heavy (non-hydrogen) atoms. The van der Waals surface area contributed by atoms with E-state index in [1.54, 1.807) is 0 Å². The number of phenols is 1. The Morgan fingerprint density at radius 3 is 1.32 bits per heavy atom. The van der Waals surface area contributed by atoms with Gasteiger partial charge >= 0.3 is 231 Å². The summed E-state index contributed by atoms with van der Waals surface area (Å²) < 4.78 is 43.4. The molecule has 0 unspecified atom stereocenters. The van der Waals surface area contributed by atoms with E-state index in [1.165, 1.54) is 0 Å². The molecule has 5 rings (SSSR count). The van der Waals surface area contributed by atoms with Crippen molar-refractivity contribution in [3.05, 3.63) is 64.2 Å². The van der Waals surface area contributed by atoms with E-state index in [0.717, 1.165) is 18.2 Å². The minimum absolute atomic E-state index is 0.179. The molecule has 16 heteroatoms. The van der Waals surface area contributed by atoms with Crippen molar-refractivity contribution in [3.8, 4) is 34.5 Å². The van der Waals surface area contributed by atoms with Crippen LogP contribution in [0.1, 0.15) is 0 Å². The zero-order valence-electron chi connectivity index (χ0n) is 15.6. The molecule has 0 radical (unpaired) electrons. The first kappa shape index (κ1) is 24.8. The molecule has 0 aromatic heterocycles. The second-order valence-corrected chi connectivity index (χ2v) is 12.1. The van der Waals surface area contributed by atoms with E-state index < -0.39 is 25.1 Å². The summed E-state index contributed by atoms with van der Waals surface area (Å²) in [6.45, 7) is 0. The Hall–Kier alpha value is -0.860. The number of hydrogen-bond acceptors (Lipinski definition) is 6. The molecular weight excluding hydrogens is 646 g/mol. The number of phenolic OH excluding ortho intramolecular Hbond substituents is 1. The second kappa shape index (κ2) is 8.07. The summed E-state index contributed by atoms with van der Waals surface area (Å²) in [5, 5.41) is 8.61. The molecule has 2 heterocycles. The number of benzene rings is 3. The van der Waals surface area contributed by atoms with Gasteiger partial charge in [0.1, 0.15) is 0 Å². The van der Waals surface area contributed by atoms with Gasteiger partial charge in [0.25, 0.3) is 0 Å². The Morgan fingerprint density at radius 2 is 0.971 bits per heavy atom. The van der Waals surface area contributed by atoms with Gasteiger partial charge in [-0.25, -0.2) is 0 Å². The van der Waals surface area contributed by atoms with Crippen LogP contribution in [0.15, 0.2) is 18.2 Å². The number of aromatic hydroxyl groups is 1. The Labute approximate surface area is 230 Å². The van der Waals surface area contributed by atoms with Gasteiger partial charge in [0.05, 0.1) is 0 Å². The van der Waals surface area contributed by atoms with E-state index in [4.69, 9.17) is 115 Å². The quantitative estimate of drug-likeness (QED) is 0.169. The van der Waals surface area contributed by atoms with Crippen LogP contribution in [0, 0.1) is 5.82 Å². The van der Waals surface area contributed by atoms with Gasteiger partial charge < -0.3 is 0 Å². The average Bonchev–Trinajstić information content (AvgIpc) is 3.32. The topological polar surface area (TPSA) is 66.4 Å². The zero-order valence-corrected chi connectivity index (χ0v) is 22.5. The maximum atomic E-state index is 14.0. The van der Waals surface area contributed by atoms with Crippen molar-refractivity contribution in [1.29, 1.82) is 0 Å². The van der Waals surface area contributed by atoms with E-state index in [9.17, 15) is 9.50 Å². The molecule has 0 saturated heterocycles. The monoisotopic (exact) mass is 646 g/mol. The third-order valence-corrected chi connectivity index (χ3v) is 10.4. The summed E-state index contributed by atoms with van der Waals surface area (Å²) in [5.74, 6) is -2.97. The molecule has 0 aliphatic carbocycles. The molecule has 0 fully saturated rings. The van der Waals surface area contributed by atoms with Crippen molar-refractivity contribution in [3.63, 3.8) is 0 Å². The normalized spacial score (nSPS) is 17.5. The van der Waals surface area contributed by atoms with E-state index in [0.29, 0.717) is 0 Å². The van der Waals surface area contributed by atoms with Crippen LogP contribution in [0.25, 0.3) is 0 Å². The molecule has 2 aliphatic rings. The van der Waals surface area contributed by atoms with Crippen LogP contribution in [0.4, 0.5) is 4.39 Å². The fraction of sp³-hybridized carbons (Fsp3) is 0. The summed E-state index contributed by atoms with van der Waals surface area (Å²) in [4.78, 5) is 0. The molecule has 180 valence electrons. The summed E-state index contributed by atoms with van der Waals surface area (Å²) >= 11 is 49.7. The van der Waals surface area contributed by atoms with Crippen LogP contribution in [0.3, 0.4) is 0 Å². The standard InChI is InChI=1S/C18H4Cl8FO6P/c19-7-8(20)12(24)16-15(11(7)23)30-34(31-16,29-6-3-4(27)1-2-5(6)28)32-17-13(25)9(21)10(22)14(26)18(17)33-34/h1-3,28H. The Kier molecular flexibility index (Phi) is 5.89. The maximum absolute atomic E-state index is 14.0. The molecule has 0 atom stereocenters. The van der Waals surface area contributed by atoms with Crippen LogP contribution in [-0.4, -0.2) is 5.11 Å². The summed E-state index contributed by atoms with van der Waals surface area (Å²) in [6, 6.07) is 2.80. The van der Waals surface area contributed by atoms with Crippen molar-refractivity contribution >= 4 is 101 Å². The molecular formula is C18H4Cl8FO6P. The molecule has 2 aliphatic heterocycles. The second-order valence-electron chi connectivity index (χ2n) is 6.64. The summed E-state index contributed by atoms with van der Waals surface area (Å²) in [5.41, 5.74) is 0. The van der Waals surface area contributed by atoms with Crippen LogP contribution in [0.2, 0.25) is 40.2 Å². The summed E-state index contributed by atoms with van der Waals surface area (Å²) in [6.07, 6.45) is 0. The zero-order chi connectivity index (χ0) is 24.8. The third-order valence-electron chi connectivity index (χ3n) is 4.50. The van der Waals surface area contributed by atoms with Gasteiger partial charge in [-0.05, 0) is 0 Å². The number of rotatable bonds is 2. The van der Waals surface area contributed by atoms with Crippen molar-refractivity contribution in [2.75, 3.05) is 0 Å². The van der Waals surface area contributed by atoms with Gasteiger partial charge in [0, 0.05) is 0 Å². The van der Waals surface area contributed by atoms with Crippen LogP contribution in [-0.2, 0) is 0 Å². The van der Waals surface area contributed by atoms with Gasteiger partial charge in [-0.15, -0.1) is 0 Å². The van der Waals surface area contributed by atoms with Crippen molar-refractivity contribution < 1.29 is 32.1 Å². The molecule has 0 bridgehead atoms. The number of halogens is 9. The van der Waals surface area contributed by atoms with Gasteiger partial charge in [-0.3, -0.25) is 0 Å². The first-order valence-corrected chi connectivity index (χ1v) is 13.4. The van der Waals surface area contributed by atoms with E-state index in [-0.39, 0.29) is 63.2 Å². The third kappa shape index (κ3) is 3.48. The van der Waals surface area contributed by atoms with Gasteiger partial charge in [-0.2, -0.15) is 0 Å². The minimum atomic E-state index is -5.55. The molecule has 1 spiro atoms. The Morgan fingerprint density at radius 1 is 0.618 bits per heavy atom. The molecule has 3 aromatic carbocycles. The van der Waals surface area contributed by atoms with Gasteiger partial charge in [0.2, 0.25) is 0 Å². The van der Waals surface area contributed by atoms with E-state index in [1.807, 2.05) is 0 Å². The number of fused-ring (bicyclic) bond motifs is 2. The molecule has 1 N–H and O–H groups in total. The fourth-order valence-electron chi connectivity index (χ4n) is 3.01. The van der Waals surface area contributed by atoms with Gasteiger partial charge in [0.15, 0.2) is 0 Å². The predicted octanol–water partition coefficient (Wildman–Crippen LogP) is 10.2. The SMILES string of the molecule is Oc1ccc(F)cc1OP12(Oc3c(Cl)c(Cl)c(Cl)c(Cl)c3O1)Oc1c(Cl)c(Cl)c(Cl)c(Cl)c1O2. The molecule has 3 aromatic rings.